The van der Waals surface area contributed by atoms with E-state index in [-0.39, 0.29) is 5.92 Å². The quantitative estimate of drug-likeness (QED) is 0.101. The molecule has 0 amide bonds. The number of carboxylic acids is 4. The molecule has 74 heavy (non-hydrogen) atoms. The van der Waals surface area contributed by atoms with Crippen LogP contribution >= 0.6 is 0 Å². The summed E-state index contributed by atoms with van der Waals surface area (Å²) in [6.07, 6.45) is 0. The second kappa shape index (κ2) is 5.90. The van der Waals surface area contributed by atoms with E-state index in [2.05, 4.69) is 0 Å². The van der Waals surface area contributed by atoms with Crippen LogP contribution in [0.2, 0.25) is 0 Å². The van der Waals surface area contributed by atoms with E-state index in [0.717, 1.165) is 174 Å². The van der Waals surface area contributed by atoms with Crippen molar-refractivity contribution < 1.29 is 39.6 Å². The highest BCUT2D eigenvalue weighted by atomic mass is 16.4. The summed E-state index contributed by atoms with van der Waals surface area (Å²) >= 11 is 0. The minimum absolute atomic E-state index is 0.340. The number of benzene rings is 15. The van der Waals surface area contributed by atoms with Crippen LogP contribution in [0.5, 0.6) is 0 Å². The molecular formula is C66H6O8. The molecular weight excluding hydrogens is 921 g/mol. The molecule has 0 saturated heterocycles. The summed E-state index contributed by atoms with van der Waals surface area (Å²) in [5.74, 6) is -5.77. The topological polar surface area (TPSA) is 149 Å². The minimum atomic E-state index is -2.25. The average Bonchev–Trinajstić information content (AvgIpc) is 3.49. The van der Waals surface area contributed by atoms with Crippen molar-refractivity contribution in [3.63, 3.8) is 0 Å². The number of hydrogen-bond acceptors (Lipinski definition) is 4. The maximum Gasteiger partial charge on any atom is 0.323 e. The maximum absolute atomic E-state index is 15.6. The van der Waals surface area contributed by atoms with E-state index in [1.165, 1.54) is 119 Å². The summed E-state index contributed by atoms with van der Waals surface area (Å²) in [5.41, 5.74) is 0.197. The number of rotatable bonds is 4. The maximum atomic E-state index is 15.6. The molecule has 318 valence electrons. The lowest BCUT2D eigenvalue weighted by Crippen LogP contribution is -2.38. The summed E-state index contributed by atoms with van der Waals surface area (Å²) in [5, 5.41) is 102. The standard InChI is InChI=1S/C66H6O8/c67-57(68)65(58(69)70)61-49-33-17-5-3-1-2-4-6-8-14-24-12(4)21(9(1)17)37(49)40(24)52-42-26(14)16-20(8)36-34-18(6)10(2)22-11(3)23-13-7(5)19-15-25(13)41-45-29-27(15)43(53(61)35(19)33)47-31(29)32-30(46(42)56(47)64(52,61)65)28(16)44-48(32)55(45)63-51(41)39(23)38(22)50(34)62(63,54(36)44)66(63,59(71)72)60(73)74/h47,56H,(H,67,68)(H,69,70)(H,71,72)(H,73,74). The second-order valence-corrected chi connectivity index (χ2v) is 27.1. The van der Waals surface area contributed by atoms with Crippen molar-refractivity contribution >= 4 is 261 Å². The molecule has 2 fully saturated rings. The van der Waals surface area contributed by atoms with Crippen LogP contribution in [-0.2, 0) is 40.8 Å². The van der Waals surface area contributed by atoms with Gasteiger partial charge in [0.25, 0.3) is 0 Å². The Hall–Kier alpha value is -9.14. The molecule has 6 unspecified atom stereocenters. The van der Waals surface area contributed by atoms with Gasteiger partial charge in [-0.3, -0.25) is 19.2 Å². The Balaban J connectivity index is 1.17. The van der Waals surface area contributed by atoms with E-state index in [9.17, 15) is 20.4 Å². The molecule has 2 saturated carbocycles. The van der Waals surface area contributed by atoms with Crippen LogP contribution in [0.3, 0.4) is 0 Å². The van der Waals surface area contributed by atoms with Crippen LogP contribution in [-0.4, -0.2) is 44.3 Å². The van der Waals surface area contributed by atoms with Gasteiger partial charge in [0.2, 0.25) is 0 Å². The van der Waals surface area contributed by atoms with Gasteiger partial charge in [-0.15, -0.1) is 0 Å². The lowest BCUT2D eigenvalue weighted by atomic mass is 9.58. The van der Waals surface area contributed by atoms with Gasteiger partial charge in [-0.25, -0.2) is 0 Å². The van der Waals surface area contributed by atoms with Crippen LogP contribution in [0.4, 0.5) is 0 Å². The lowest BCUT2D eigenvalue weighted by Gasteiger charge is -2.42. The second-order valence-electron chi connectivity index (χ2n) is 27.1. The van der Waals surface area contributed by atoms with E-state index in [1.807, 2.05) is 0 Å². The molecule has 22 aromatic carbocycles. The Labute approximate surface area is 398 Å². The number of carbonyl (C=O) groups is 4. The number of carboxylic acid groups (broad SMARTS) is 4. The zero-order chi connectivity index (χ0) is 45.6. The first kappa shape index (κ1) is 28.2. The minimum Gasteiger partial charge on any atom is -0.480 e. The van der Waals surface area contributed by atoms with E-state index >= 15 is 19.2 Å². The van der Waals surface area contributed by atoms with Gasteiger partial charge in [0.1, 0.15) is 0 Å². The van der Waals surface area contributed by atoms with Crippen LogP contribution in [0.15, 0.2) is 0 Å². The normalized spacial score (nSPS) is 30.2. The zero-order valence-corrected chi connectivity index (χ0v) is 36.6. The molecule has 0 aliphatic heterocycles. The molecule has 34 rings (SSSR count). The van der Waals surface area contributed by atoms with Gasteiger partial charge in [0.05, 0.1) is 16.2 Å². The van der Waals surface area contributed by atoms with Crippen LogP contribution in [0, 0.1) is 10.8 Å². The molecule has 22 aromatic rings. The third-order valence-corrected chi connectivity index (χ3v) is 28.1. The molecule has 4 N–H and O–H groups in total. The molecule has 0 radical (unpaired) electrons. The molecule has 0 heterocycles. The van der Waals surface area contributed by atoms with Gasteiger partial charge in [-0.05, 0) is 293 Å². The third-order valence-electron chi connectivity index (χ3n) is 28.1. The van der Waals surface area contributed by atoms with Crippen LogP contribution < -0.4 is 0 Å². The van der Waals surface area contributed by atoms with Gasteiger partial charge in [-0.1, -0.05) is 0 Å². The van der Waals surface area contributed by atoms with Crippen LogP contribution in [0.25, 0.3) is 237 Å². The lowest BCUT2D eigenvalue weighted by molar-refractivity contribution is -0.160. The van der Waals surface area contributed by atoms with E-state index in [0.29, 0.717) is 0 Å². The van der Waals surface area contributed by atoms with E-state index < -0.39 is 62.3 Å². The molecule has 0 bridgehead atoms. The summed E-state index contributed by atoms with van der Waals surface area (Å²) in [6, 6.07) is 0. The monoisotopic (exact) mass is 926 g/mol. The first-order chi connectivity index (χ1) is 36.2. The van der Waals surface area contributed by atoms with Gasteiger partial charge >= 0.3 is 23.9 Å². The summed E-state index contributed by atoms with van der Waals surface area (Å²) in [7, 11) is 0. The van der Waals surface area contributed by atoms with E-state index in [1.54, 1.807) is 0 Å². The first-order valence-electron chi connectivity index (χ1n) is 26.4. The summed E-state index contributed by atoms with van der Waals surface area (Å²) in [4.78, 5) is 62.3. The smallest absolute Gasteiger partial charge is 0.323 e. The highest BCUT2D eigenvalue weighted by Crippen LogP contribution is 3.01. The predicted molar refractivity (Wildman–Crippen MR) is 279 cm³/mol. The van der Waals surface area contributed by atoms with Crippen molar-refractivity contribution in [1.82, 2.24) is 0 Å². The van der Waals surface area contributed by atoms with Gasteiger partial charge in [0, 0.05) is 17.3 Å². The average molecular weight is 927 g/mol. The van der Waals surface area contributed by atoms with Crippen molar-refractivity contribution in [2.45, 2.75) is 33.5 Å². The Morgan fingerprint density at radius 1 is 0.230 bits per heavy atom. The first-order valence-corrected chi connectivity index (χ1v) is 26.4. The molecule has 4 spiro atoms. The zero-order valence-electron chi connectivity index (χ0n) is 36.6. The van der Waals surface area contributed by atoms with E-state index in [4.69, 9.17) is 0 Å². The molecule has 12 aliphatic carbocycles. The third kappa shape index (κ3) is 1.28. The highest BCUT2D eigenvalue weighted by molar-refractivity contribution is 6.76. The van der Waals surface area contributed by atoms with Crippen LogP contribution in [0.1, 0.15) is 67.5 Å². The molecule has 6 atom stereocenters. The van der Waals surface area contributed by atoms with Crippen molar-refractivity contribution in [3.8, 4) is 0 Å². The predicted octanol–water partition coefficient (Wildman–Crippen LogP) is 12.8. The molecule has 12 aliphatic rings. The Morgan fingerprint density at radius 2 is 0.473 bits per heavy atom. The SMILES string of the molecule is O=C(O)C1(C(=O)O)C23c4c5c6c7c8c4c4c2c2c9c%10c%11c%12c(c5c5c6c6c%13c%14c%15c%16c%17c%18c%19c%20c(c8c8c4c4c2c2c9c9c%11c%11c%21c%12c5c%13c%21c%15c5c%16c%12c%18c(c4c%198)c2c%12c9c5%11)C7C6C%142C(C(=O)O)(C(=O)O)C%20%172)C%1013. The van der Waals surface area contributed by atoms with Crippen molar-refractivity contribution in [3.05, 3.63) is 55.6 Å². The number of aliphatic carboxylic acids is 4. The van der Waals surface area contributed by atoms with Crippen molar-refractivity contribution in [1.29, 1.82) is 0 Å². The fourth-order valence-electron chi connectivity index (χ4n) is 28.8. The molecule has 0 aromatic heterocycles. The fraction of sp³-hybridized carbons (Fsp3) is 0.121. The Bertz CT molecular complexity index is 7450. The van der Waals surface area contributed by atoms with Gasteiger partial charge in [-0.2, -0.15) is 0 Å². The Kier molecular flexibility index (Phi) is 2.25. The molecule has 8 heteroatoms. The van der Waals surface area contributed by atoms with Gasteiger partial charge in [0.15, 0.2) is 10.8 Å². The van der Waals surface area contributed by atoms with Crippen molar-refractivity contribution in [2.24, 2.45) is 10.8 Å². The van der Waals surface area contributed by atoms with Crippen molar-refractivity contribution in [2.75, 3.05) is 0 Å². The summed E-state index contributed by atoms with van der Waals surface area (Å²) in [6.45, 7) is 0. The highest BCUT2D eigenvalue weighted by Gasteiger charge is 3.04. The summed E-state index contributed by atoms with van der Waals surface area (Å²) < 4.78 is 0. The molecule has 8 nitrogen and oxygen atoms in total. The fourth-order valence-corrected chi connectivity index (χ4v) is 28.8. The number of hydrogen-bond donors (Lipinski definition) is 4. The van der Waals surface area contributed by atoms with Gasteiger partial charge < -0.3 is 20.4 Å². The largest absolute Gasteiger partial charge is 0.480 e. The Morgan fingerprint density at radius 3 is 0.838 bits per heavy atom.